The second kappa shape index (κ2) is 19.1. The Balaban J connectivity index is 1.00. The first-order valence-electron chi connectivity index (χ1n) is 24.0. The van der Waals surface area contributed by atoms with Gasteiger partial charge in [-0.05, 0) is 179 Å². The molecular weight excluding hydrogens is 799 g/mol. The topological polar surface area (TPSA) is 38.7 Å². The van der Waals surface area contributed by atoms with Crippen LogP contribution in [0.2, 0.25) is 0 Å². The summed E-state index contributed by atoms with van der Waals surface area (Å²) >= 11 is 0. The number of aromatic nitrogens is 3. The minimum absolute atomic E-state index is 0.937. The molecule has 3 heteroatoms. The van der Waals surface area contributed by atoms with Crippen LogP contribution in [0.25, 0.3) is 44.9 Å². The summed E-state index contributed by atoms with van der Waals surface area (Å²) in [6.45, 7) is 0. The highest BCUT2D eigenvalue weighted by Gasteiger charge is 2.13. The minimum atomic E-state index is 0.937. The van der Waals surface area contributed by atoms with Gasteiger partial charge in [-0.2, -0.15) is 0 Å². The van der Waals surface area contributed by atoms with Crippen LogP contribution in [-0.2, 0) is 77.0 Å². The first kappa shape index (κ1) is 41.5. The van der Waals surface area contributed by atoms with E-state index >= 15 is 0 Å². The number of hydrogen-bond acceptors (Lipinski definition) is 3. The Kier molecular flexibility index (Phi) is 12.0. The first-order valence-corrected chi connectivity index (χ1v) is 24.0. The van der Waals surface area contributed by atoms with Gasteiger partial charge in [0, 0.05) is 35.3 Å². The molecule has 0 N–H and O–H groups in total. The van der Waals surface area contributed by atoms with E-state index < -0.39 is 0 Å². The average Bonchev–Trinajstić information content (AvgIpc) is 3.38. The molecule has 6 aromatic carbocycles. The van der Waals surface area contributed by atoms with Gasteiger partial charge in [-0.15, -0.1) is 0 Å². The largest absolute Gasteiger partial charge is 0.256 e. The fraction of sp³-hybridized carbons (Fsp3) is 0.190. The summed E-state index contributed by atoms with van der Waals surface area (Å²) in [5.74, 6) is 0. The van der Waals surface area contributed by atoms with E-state index in [9.17, 15) is 0 Å². The maximum atomic E-state index is 5.07. The molecule has 0 unspecified atom stereocenters. The predicted molar refractivity (Wildman–Crippen MR) is 272 cm³/mol. The van der Waals surface area contributed by atoms with Crippen LogP contribution < -0.4 is 0 Å². The summed E-state index contributed by atoms with van der Waals surface area (Å²) < 4.78 is 0. The van der Waals surface area contributed by atoms with Gasteiger partial charge in [0.1, 0.15) is 0 Å². The number of hydrogen-bond donors (Lipinski definition) is 0. The van der Waals surface area contributed by atoms with Crippen molar-refractivity contribution in [1.82, 2.24) is 15.0 Å². The Morgan fingerprint density at radius 2 is 0.561 bits per heavy atom. The van der Waals surface area contributed by atoms with E-state index in [-0.39, 0.29) is 0 Å². The van der Waals surface area contributed by atoms with E-state index in [2.05, 4.69) is 188 Å². The van der Waals surface area contributed by atoms with E-state index in [1.807, 2.05) is 0 Å². The number of pyridine rings is 3. The average molecular weight is 854 g/mol. The van der Waals surface area contributed by atoms with Gasteiger partial charge in [0.05, 0.1) is 17.1 Å². The van der Waals surface area contributed by atoms with Gasteiger partial charge in [-0.25, -0.2) is 0 Å². The normalized spacial score (nSPS) is 13.9. The number of nitrogens with zero attached hydrogens (tertiary/aromatic N) is 3. The van der Waals surface area contributed by atoms with E-state index in [0.29, 0.717) is 0 Å². The van der Waals surface area contributed by atoms with Crippen molar-refractivity contribution in [3.05, 3.63) is 255 Å². The van der Waals surface area contributed by atoms with Gasteiger partial charge in [0.2, 0.25) is 0 Å². The molecule has 19 heterocycles. The zero-order valence-electron chi connectivity index (χ0n) is 37.7. The van der Waals surface area contributed by atoms with Gasteiger partial charge in [-0.3, -0.25) is 15.0 Å². The number of aryl methyl sites for hydroxylation is 12. The molecule has 0 fully saturated rings. The van der Waals surface area contributed by atoms with Gasteiger partial charge >= 0.3 is 0 Å². The smallest absolute Gasteiger partial charge is 0.0702 e. The van der Waals surface area contributed by atoms with Gasteiger partial charge < -0.3 is 0 Å². The Hall–Kier alpha value is -7.23. The summed E-state index contributed by atoms with van der Waals surface area (Å²) in [4.78, 5) is 15.0. The van der Waals surface area contributed by atoms with Crippen LogP contribution in [-0.4, -0.2) is 15.0 Å². The molecule has 0 amide bonds. The molecule has 36 rings (SSSR count). The zero-order chi connectivity index (χ0) is 44.1. The third kappa shape index (κ3) is 9.87. The van der Waals surface area contributed by atoms with Crippen LogP contribution >= 0.6 is 0 Å². The Bertz CT molecular complexity index is 2940. The van der Waals surface area contributed by atoms with Crippen molar-refractivity contribution >= 4 is 0 Å². The molecule has 0 atom stereocenters. The lowest BCUT2D eigenvalue weighted by Crippen LogP contribution is -2.01. The molecule has 27 aliphatic rings. The molecule has 18 bridgehead atoms. The van der Waals surface area contributed by atoms with Crippen LogP contribution in [0.4, 0.5) is 0 Å². The number of benzene rings is 6. The molecule has 16 aliphatic heterocycles. The monoisotopic (exact) mass is 853 g/mol. The first-order chi connectivity index (χ1) is 32.6. The maximum Gasteiger partial charge on any atom is 0.0702 e. The van der Waals surface area contributed by atoms with E-state index in [1.54, 1.807) is 0 Å². The van der Waals surface area contributed by atoms with E-state index in [4.69, 9.17) is 15.0 Å². The van der Waals surface area contributed by atoms with Crippen molar-refractivity contribution in [2.45, 2.75) is 77.0 Å². The van der Waals surface area contributed by atoms with E-state index in [0.717, 1.165) is 111 Å². The molecular formula is C63H55N3. The predicted octanol–water partition coefficient (Wildman–Crippen LogP) is 13.9. The number of rotatable bonds is 1. The highest BCUT2D eigenvalue weighted by Crippen LogP contribution is 2.31. The van der Waals surface area contributed by atoms with Crippen molar-refractivity contribution in [3.63, 3.8) is 0 Å². The lowest BCUT2D eigenvalue weighted by molar-refractivity contribution is 0.897. The molecule has 11 aliphatic carbocycles. The lowest BCUT2D eigenvalue weighted by Gasteiger charge is -2.15. The van der Waals surface area contributed by atoms with Gasteiger partial charge in [0.25, 0.3) is 0 Å². The second-order valence-corrected chi connectivity index (χ2v) is 18.6. The highest BCUT2D eigenvalue weighted by molar-refractivity contribution is 5.74. The molecule has 322 valence electrons. The van der Waals surface area contributed by atoms with Crippen LogP contribution in [0.15, 0.2) is 188 Å². The van der Waals surface area contributed by atoms with Crippen molar-refractivity contribution in [2.24, 2.45) is 0 Å². The molecule has 3 aromatic heterocycles. The van der Waals surface area contributed by atoms with Gasteiger partial charge in [-0.1, -0.05) is 146 Å². The summed E-state index contributed by atoms with van der Waals surface area (Å²) in [5, 5.41) is 0. The summed E-state index contributed by atoms with van der Waals surface area (Å²) in [5.41, 5.74) is 25.3. The van der Waals surface area contributed by atoms with E-state index in [1.165, 1.54) is 77.9 Å². The summed E-state index contributed by atoms with van der Waals surface area (Å²) in [6, 6.07) is 64.2. The fourth-order valence-corrected chi connectivity index (χ4v) is 10.0. The van der Waals surface area contributed by atoms with Crippen LogP contribution in [0.1, 0.15) is 66.8 Å². The van der Waals surface area contributed by atoms with Crippen LogP contribution in [0.3, 0.4) is 0 Å². The molecule has 9 aromatic rings. The molecule has 0 saturated heterocycles. The summed E-state index contributed by atoms with van der Waals surface area (Å²) in [7, 11) is 0. The fourth-order valence-electron chi connectivity index (χ4n) is 10.0. The van der Waals surface area contributed by atoms with Gasteiger partial charge in [0.15, 0.2) is 0 Å². The second-order valence-electron chi connectivity index (χ2n) is 18.6. The molecule has 66 heavy (non-hydrogen) atoms. The zero-order valence-corrected chi connectivity index (χ0v) is 37.7. The van der Waals surface area contributed by atoms with Crippen molar-refractivity contribution < 1.29 is 0 Å². The molecule has 0 saturated carbocycles. The quantitative estimate of drug-likeness (QED) is 0.165. The lowest BCUT2D eigenvalue weighted by atomic mass is 9.91. The van der Waals surface area contributed by atoms with Crippen LogP contribution in [0.5, 0.6) is 0 Å². The third-order valence-corrected chi connectivity index (χ3v) is 13.9. The Morgan fingerprint density at radius 3 is 0.955 bits per heavy atom. The Morgan fingerprint density at radius 1 is 0.227 bits per heavy atom. The highest BCUT2D eigenvalue weighted by atomic mass is 14.7. The molecule has 3 nitrogen and oxygen atoms in total. The van der Waals surface area contributed by atoms with Crippen LogP contribution in [0, 0.1) is 0 Å². The summed E-state index contributed by atoms with van der Waals surface area (Å²) in [6.07, 6.45) is 17.9. The third-order valence-electron chi connectivity index (χ3n) is 13.9. The minimum Gasteiger partial charge on any atom is -0.256 e. The Labute approximate surface area is 390 Å². The van der Waals surface area contributed by atoms with Crippen molar-refractivity contribution in [3.8, 4) is 44.9 Å². The SMILES string of the molecule is c1ccc(-c2cc3ccc2CCc2cc4cc(c2)CCc2ccc(cc2)-c2ccc(cn2)CCc2cc(cc(c2)CCc2ccc-3nc2)CCc2ccc(nc2)-c2ccc(cc2)CC4)cc1. The van der Waals surface area contributed by atoms with Crippen molar-refractivity contribution in [2.75, 3.05) is 0 Å². The van der Waals surface area contributed by atoms with Crippen molar-refractivity contribution in [1.29, 1.82) is 0 Å². The molecule has 0 spiro atoms. The molecule has 0 radical (unpaired) electrons. The standard InChI is InChI=1S/C63H55N3/c1-2-4-55(5-3-1)60-40-59-30-29-56(60)24-20-54-38-49-11-6-44-16-25-57(26-17-44)61-31-21-46(41-64-61)8-13-51-35-52(37-53(36-51)15-10-48-23-33-63(59)66-43-48)14-9-47-22-32-62(65-42-47)58-27-18-45(19-28-58)7-12-50(34-49)39-54/h1-5,16-19,21-23,25-43H,6-15,20,24H2. The maximum absolute atomic E-state index is 5.07.